The minimum atomic E-state index is 0.0987. The molecule has 3 aromatic rings. The van der Waals surface area contributed by atoms with Gasteiger partial charge in [0.05, 0.1) is 6.54 Å². The highest BCUT2D eigenvalue weighted by Gasteiger charge is 2.20. The van der Waals surface area contributed by atoms with Gasteiger partial charge in [0.25, 0.3) is 0 Å². The van der Waals surface area contributed by atoms with Gasteiger partial charge in [0.15, 0.2) is 5.78 Å². The molecule has 1 aromatic heterocycles. The van der Waals surface area contributed by atoms with E-state index in [4.69, 9.17) is 4.52 Å². The molecule has 1 fully saturated rings. The van der Waals surface area contributed by atoms with Crippen molar-refractivity contribution in [3.63, 3.8) is 0 Å². The molecule has 0 bridgehead atoms. The molecule has 0 amide bonds. The van der Waals surface area contributed by atoms with E-state index in [0.717, 1.165) is 49.4 Å². The zero-order valence-corrected chi connectivity index (χ0v) is 17.0. The van der Waals surface area contributed by atoms with Crippen LogP contribution >= 0.6 is 0 Å². The molecular weight excluding hydrogens is 364 g/mol. The standard InChI is InChI=1S/C23H26N4O2/c1-3-18-4-6-20(7-5-18)23-24-22(29-25-23)16-26-12-14-27(15-13-26)21-10-8-19(9-11-21)17(2)28/h4-11H,3,12-16H2,1-2H3. The largest absolute Gasteiger partial charge is 0.369 e. The van der Waals surface area contributed by atoms with Crippen LogP contribution in [0.1, 0.15) is 35.7 Å². The van der Waals surface area contributed by atoms with Crippen LogP contribution in [0, 0.1) is 0 Å². The number of Topliss-reactive ketones (excluding diaryl/α,β-unsaturated/α-hetero) is 1. The second kappa shape index (κ2) is 8.57. The molecule has 0 radical (unpaired) electrons. The molecule has 0 spiro atoms. The number of piperazine rings is 1. The molecule has 1 saturated heterocycles. The molecule has 0 N–H and O–H groups in total. The molecule has 1 aliphatic rings. The van der Waals surface area contributed by atoms with E-state index < -0.39 is 0 Å². The number of nitrogens with zero attached hydrogens (tertiary/aromatic N) is 4. The molecule has 0 atom stereocenters. The second-order valence-corrected chi connectivity index (χ2v) is 7.43. The molecule has 2 aromatic carbocycles. The quantitative estimate of drug-likeness (QED) is 0.596. The first-order chi connectivity index (χ1) is 14.1. The van der Waals surface area contributed by atoms with Crippen LogP contribution in [0.3, 0.4) is 0 Å². The van der Waals surface area contributed by atoms with Crippen LogP contribution < -0.4 is 4.90 Å². The van der Waals surface area contributed by atoms with Gasteiger partial charge in [-0.25, -0.2) is 0 Å². The van der Waals surface area contributed by atoms with Crippen LogP contribution in [0.15, 0.2) is 53.1 Å². The number of anilines is 1. The van der Waals surface area contributed by atoms with Crippen molar-refractivity contribution in [2.24, 2.45) is 0 Å². The van der Waals surface area contributed by atoms with Gasteiger partial charge in [0, 0.05) is 43.0 Å². The van der Waals surface area contributed by atoms with Gasteiger partial charge in [-0.3, -0.25) is 9.69 Å². The fourth-order valence-electron chi connectivity index (χ4n) is 3.59. The summed E-state index contributed by atoms with van der Waals surface area (Å²) in [5.74, 6) is 1.40. The number of carbonyl (C=O) groups is 1. The number of aryl methyl sites for hydroxylation is 1. The first-order valence-electron chi connectivity index (χ1n) is 10.1. The Kier molecular flexibility index (Phi) is 5.71. The van der Waals surface area contributed by atoms with Gasteiger partial charge < -0.3 is 9.42 Å². The fourth-order valence-corrected chi connectivity index (χ4v) is 3.59. The highest BCUT2D eigenvalue weighted by Crippen LogP contribution is 2.20. The Balaban J connectivity index is 1.32. The number of hydrogen-bond donors (Lipinski definition) is 0. The molecule has 6 heteroatoms. The van der Waals surface area contributed by atoms with E-state index >= 15 is 0 Å². The van der Waals surface area contributed by atoms with E-state index in [9.17, 15) is 4.79 Å². The smallest absolute Gasteiger partial charge is 0.241 e. The van der Waals surface area contributed by atoms with Crippen LogP contribution in [0.5, 0.6) is 0 Å². The number of hydrogen-bond acceptors (Lipinski definition) is 6. The summed E-state index contributed by atoms with van der Waals surface area (Å²) in [6, 6.07) is 16.2. The van der Waals surface area contributed by atoms with Gasteiger partial charge >= 0.3 is 0 Å². The third-order valence-corrected chi connectivity index (χ3v) is 5.46. The van der Waals surface area contributed by atoms with Crippen LogP contribution in [-0.4, -0.2) is 47.0 Å². The van der Waals surface area contributed by atoms with Gasteiger partial charge in [0.2, 0.25) is 11.7 Å². The topological polar surface area (TPSA) is 62.5 Å². The van der Waals surface area contributed by atoms with E-state index in [1.807, 2.05) is 36.4 Å². The lowest BCUT2D eigenvalue weighted by Gasteiger charge is -2.35. The zero-order valence-electron chi connectivity index (χ0n) is 17.0. The average Bonchev–Trinajstić information content (AvgIpc) is 3.23. The lowest BCUT2D eigenvalue weighted by Crippen LogP contribution is -2.46. The number of ketones is 1. The lowest BCUT2D eigenvalue weighted by molar-refractivity contribution is 0.101. The van der Waals surface area contributed by atoms with Crippen LogP contribution in [-0.2, 0) is 13.0 Å². The Morgan fingerprint density at radius 3 is 2.31 bits per heavy atom. The van der Waals surface area contributed by atoms with Crippen molar-refractivity contribution in [2.45, 2.75) is 26.8 Å². The fraction of sp³-hybridized carbons (Fsp3) is 0.348. The summed E-state index contributed by atoms with van der Waals surface area (Å²) >= 11 is 0. The van der Waals surface area contributed by atoms with Crippen molar-refractivity contribution in [2.75, 3.05) is 31.1 Å². The van der Waals surface area contributed by atoms with Crippen molar-refractivity contribution in [1.29, 1.82) is 0 Å². The summed E-state index contributed by atoms with van der Waals surface area (Å²) in [6.07, 6.45) is 1.02. The Labute approximate surface area is 171 Å². The molecular formula is C23H26N4O2. The van der Waals surface area contributed by atoms with Crippen LogP contribution in [0.4, 0.5) is 5.69 Å². The van der Waals surface area contributed by atoms with E-state index in [1.165, 1.54) is 5.56 Å². The van der Waals surface area contributed by atoms with Gasteiger partial charge in [-0.2, -0.15) is 4.98 Å². The van der Waals surface area contributed by atoms with Crippen molar-refractivity contribution in [1.82, 2.24) is 15.0 Å². The average molecular weight is 390 g/mol. The van der Waals surface area contributed by atoms with Gasteiger partial charge in [-0.15, -0.1) is 0 Å². The molecule has 6 nitrogen and oxygen atoms in total. The van der Waals surface area contributed by atoms with E-state index in [0.29, 0.717) is 18.3 Å². The maximum atomic E-state index is 11.4. The van der Waals surface area contributed by atoms with Crippen LogP contribution in [0.2, 0.25) is 0 Å². The van der Waals surface area contributed by atoms with Gasteiger partial charge in [0.1, 0.15) is 0 Å². The summed E-state index contributed by atoms with van der Waals surface area (Å²) < 4.78 is 5.48. The van der Waals surface area contributed by atoms with Crippen LogP contribution in [0.25, 0.3) is 11.4 Å². The van der Waals surface area contributed by atoms with Gasteiger partial charge in [-0.1, -0.05) is 36.3 Å². The SMILES string of the molecule is CCc1ccc(-c2noc(CN3CCN(c4ccc(C(C)=O)cc4)CC3)n2)cc1. The molecule has 0 unspecified atom stereocenters. The van der Waals surface area contributed by atoms with E-state index in [1.54, 1.807) is 6.92 Å². The summed E-state index contributed by atoms with van der Waals surface area (Å²) in [7, 11) is 0. The monoisotopic (exact) mass is 390 g/mol. The summed E-state index contributed by atoms with van der Waals surface area (Å²) in [4.78, 5) is 20.7. The summed E-state index contributed by atoms with van der Waals surface area (Å²) in [5, 5.41) is 4.14. The Hall–Kier alpha value is -2.99. The minimum Gasteiger partial charge on any atom is -0.369 e. The normalized spacial score (nSPS) is 14.9. The Morgan fingerprint density at radius 1 is 1.00 bits per heavy atom. The Bertz CT molecular complexity index is 955. The van der Waals surface area contributed by atoms with Crippen molar-refractivity contribution in [3.8, 4) is 11.4 Å². The first-order valence-corrected chi connectivity index (χ1v) is 10.1. The number of carbonyl (C=O) groups excluding carboxylic acids is 1. The summed E-state index contributed by atoms with van der Waals surface area (Å²) in [5.41, 5.74) is 4.19. The summed E-state index contributed by atoms with van der Waals surface area (Å²) in [6.45, 7) is 8.11. The molecule has 2 heterocycles. The Morgan fingerprint density at radius 2 is 1.69 bits per heavy atom. The maximum Gasteiger partial charge on any atom is 0.241 e. The third-order valence-electron chi connectivity index (χ3n) is 5.46. The van der Waals surface area contributed by atoms with Crippen molar-refractivity contribution < 1.29 is 9.32 Å². The highest BCUT2D eigenvalue weighted by atomic mass is 16.5. The lowest BCUT2D eigenvalue weighted by atomic mass is 10.1. The molecule has 4 rings (SSSR count). The van der Waals surface area contributed by atoms with Gasteiger partial charge in [-0.05, 0) is 43.2 Å². The minimum absolute atomic E-state index is 0.0987. The molecule has 150 valence electrons. The predicted molar refractivity (Wildman–Crippen MR) is 113 cm³/mol. The van der Waals surface area contributed by atoms with E-state index in [-0.39, 0.29) is 5.78 Å². The van der Waals surface area contributed by atoms with E-state index in [2.05, 4.69) is 39.0 Å². The maximum absolute atomic E-state index is 11.4. The predicted octanol–water partition coefficient (Wildman–Crippen LogP) is 3.82. The second-order valence-electron chi connectivity index (χ2n) is 7.43. The van der Waals surface area contributed by atoms with Crippen molar-refractivity contribution >= 4 is 11.5 Å². The molecule has 1 aliphatic heterocycles. The first kappa shape index (κ1) is 19.3. The molecule has 29 heavy (non-hydrogen) atoms. The third kappa shape index (κ3) is 4.54. The highest BCUT2D eigenvalue weighted by molar-refractivity contribution is 5.94. The zero-order chi connectivity index (χ0) is 20.2. The van der Waals surface area contributed by atoms with Crippen molar-refractivity contribution in [3.05, 3.63) is 65.5 Å². The molecule has 0 saturated carbocycles. The number of benzene rings is 2. The molecule has 0 aliphatic carbocycles. The number of aromatic nitrogens is 2. The number of rotatable bonds is 6.